The highest BCUT2D eigenvalue weighted by molar-refractivity contribution is 5.88. The third-order valence-corrected chi connectivity index (χ3v) is 7.44. The van der Waals surface area contributed by atoms with E-state index < -0.39 is 5.41 Å². The predicted molar refractivity (Wildman–Crippen MR) is 128 cm³/mol. The summed E-state index contributed by atoms with van der Waals surface area (Å²) in [6.45, 7) is 3.02. The van der Waals surface area contributed by atoms with Gasteiger partial charge >= 0.3 is 0 Å². The van der Waals surface area contributed by atoms with Crippen LogP contribution in [0.1, 0.15) is 43.2 Å². The third-order valence-electron chi connectivity index (χ3n) is 7.44. The molecule has 1 amide bonds. The number of hydrogen-bond acceptors (Lipinski definition) is 3. The van der Waals surface area contributed by atoms with Crippen molar-refractivity contribution in [3.63, 3.8) is 0 Å². The summed E-state index contributed by atoms with van der Waals surface area (Å²) in [5.41, 5.74) is 3.17. The number of rotatable bonds is 4. The molecule has 0 bridgehead atoms. The zero-order valence-corrected chi connectivity index (χ0v) is 18.7. The van der Waals surface area contributed by atoms with Gasteiger partial charge in [-0.2, -0.15) is 0 Å². The Hall–Kier alpha value is -2.72. The molecule has 2 fully saturated rings. The Kier molecular flexibility index (Phi) is 6.22. The summed E-state index contributed by atoms with van der Waals surface area (Å²) in [7, 11) is 0. The standard InChI is InChI=1S/C28H32N2O2/c31-27(28(14-19-32-20-15-28)25-11-2-1-3-12-25)30-17-6-7-22(13-18-30)21-24-9-4-8-23-10-5-16-29-26(23)24/h1-5,8-12,16,22H,6-7,13-15,17-21H2. The average Bonchev–Trinajstić information content (AvgIpc) is 3.10. The lowest BCUT2D eigenvalue weighted by Crippen LogP contribution is -2.50. The van der Waals surface area contributed by atoms with Gasteiger partial charge < -0.3 is 9.64 Å². The first-order valence-electron chi connectivity index (χ1n) is 12.0. The van der Waals surface area contributed by atoms with E-state index in [1.54, 1.807) is 0 Å². The van der Waals surface area contributed by atoms with E-state index in [1.807, 2.05) is 18.3 Å². The lowest BCUT2D eigenvalue weighted by Gasteiger charge is -2.40. The minimum atomic E-state index is -0.432. The molecular formula is C28H32N2O2. The zero-order valence-electron chi connectivity index (χ0n) is 18.7. The van der Waals surface area contributed by atoms with Gasteiger partial charge in [0.25, 0.3) is 0 Å². The van der Waals surface area contributed by atoms with Crippen molar-refractivity contribution in [2.45, 2.75) is 43.9 Å². The molecule has 2 saturated heterocycles. The summed E-state index contributed by atoms with van der Waals surface area (Å²) in [6.07, 6.45) is 7.75. The van der Waals surface area contributed by atoms with Gasteiger partial charge in [0.1, 0.15) is 0 Å². The molecule has 4 nitrogen and oxygen atoms in total. The number of aromatic nitrogens is 1. The van der Waals surface area contributed by atoms with E-state index >= 15 is 0 Å². The van der Waals surface area contributed by atoms with Gasteiger partial charge in [-0.3, -0.25) is 9.78 Å². The van der Waals surface area contributed by atoms with Crippen LogP contribution in [-0.2, 0) is 21.4 Å². The van der Waals surface area contributed by atoms with Gasteiger partial charge in [0, 0.05) is 37.9 Å². The van der Waals surface area contributed by atoms with Gasteiger partial charge in [-0.1, -0.05) is 54.6 Å². The molecule has 0 spiro atoms. The van der Waals surface area contributed by atoms with Crippen LogP contribution >= 0.6 is 0 Å². The van der Waals surface area contributed by atoms with Gasteiger partial charge in [-0.05, 0) is 61.6 Å². The maximum atomic E-state index is 13.9. The highest BCUT2D eigenvalue weighted by atomic mass is 16.5. The Balaban J connectivity index is 1.32. The zero-order chi connectivity index (χ0) is 21.8. The SMILES string of the molecule is O=C(N1CCCC(Cc2cccc3cccnc23)CC1)C1(c2ccccc2)CCOCC1. The fraction of sp³-hybridized carbons (Fsp3) is 0.429. The van der Waals surface area contributed by atoms with Crippen molar-refractivity contribution in [1.82, 2.24) is 9.88 Å². The summed E-state index contributed by atoms with van der Waals surface area (Å²) >= 11 is 0. The number of nitrogens with zero attached hydrogens (tertiary/aromatic N) is 2. The topological polar surface area (TPSA) is 42.4 Å². The maximum absolute atomic E-state index is 13.9. The van der Waals surface area contributed by atoms with Gasteiger partial charge in [0.2, 0.25) is 5.91 Å². The number of fused-ring (bicyclic) bond motifs is 1. The van der Waals surface area contributed by atoms with Crippen molar-refractivity contribution in [1.29, 1.82) is 0 Å². The summed E-state index contributed by atoms with van der Waals surface area (Å²) in [5.74, 6) is 0.891. The normalized spacial score (nSPS) is 21.2. The molecule has 2 aliphatic heterocycles. The summed E-state index contributed by atoms with van der Waals surface area (Å²) < 4.78 is 5.65. The van der Waals surface area contributed by atoms with Crippen LogP contribution in [0.15, 0.2) is 66.9 Å². The number of amides is 1. The molecule has 32 heavy (non-hydrogen) atoms. The molecule has 2 aromatic carbocycles. The molecule has 2 aliphatic rings. The monoisotopic (exact) mass is 428 g/mol. The molecule has 0 saturated carbocycles. The number of hydrogen-bond donors (Lipinski definition) is 0. The molecule has 1 unspecified atom stereocenters. The fourth-order valence-corrected chi connectivity index (χ4v) is 5.62. The van der Waals surface area contributed by atoms with Crippen molar-refractivity contribution < 1.29 is 9.53 Å². The first kappa shape index (κ1) is 21.1. The number of pyridine rings is 1. The van der Waals surface area contributed by atoms with E-state index in [0.29, 0.717) is 25.0 Å². The first-order valence-corrected chi connectivity index (χ1v) is 12.0. The van der Waals surface area contributed by atoms with Crippen molar-refractivity contribution in [3.8, 4) is 0 Å². The van der Waals surface area contributed by atoms with E-state index in [0.717, 1.165) is 62.7 Å². The third kappa shape index (κ3) is 4.16. The van der Waals surface area contributed by atoms with Crippen LogP contribution in [0, 0.1) is 5.92 Å². The Morgan fingerprint density at radius 3 is 2.62 bits per heavy atom. The number of benzene rings is 2. The molecule has 1 aromatic heterocycles. The molecule has 1 atom stereocenters. The average molecular weight is 429 g/mol. The Morgan fingerprint density at radius 2 is 1.78 bits per heavy atom. The molecule has 5 rings (SSSR count). The molecular weight excluding hydrogens is 396 g/mol. The molecule has 3 aromatic rings. The first-order chi connectivity index (χ1) is 15.8. The number of carbonyl (C=O) groups excluding carboxylic acids is 1. The Bertz CT molecular complexity index is 1050. The number of likely N-dealkylation sites (tertiary alicyclic amines) is 1. The van der Waals surface area contributed by atoms with Crippen LogP contribution in [0.4, 0.5) is 0 Å². The van der Waals surface area contributed by atoms with Crippen LogP contribution in [0.3, 0.4) is 0 Å². The van der Waals surface area contributed by atoms with E-state index in [2.05, 4.69) is 58.4 Å². The highest BCUT2D eigenvalue weighted by Gasteiger charge is 2.44. The minimum absolute atomic E-state index is 0.305. The van der Waals surface area contributed by atoms with E-state index in [-0.39, 0.29) is 0 Å². The molecule has 0 aliphatic carbocycles. The van der Waals surface area contributed by atoms with E-state index in [4.69, 9.17) is 4.74 Å². The van der Waals surface area contributed by atoms with Gasteiger partial charge in [-0.25, -0.2) is 0 Å². The van der Waals surface area contributed by atoms with Crippen LogP contribution in [0.25, 0.3) is 10.9 Å². The smallest absolute Gasteiger partial charge is 0.233 e. The number of para-hydroxylation sites is 1. The highest BCUT2D eigenvalue weighted by Crippen LogP contribution is 2.38. The molecule has 4 heteroatoms. The van der Waals surface area contributed by atoms with Gasteiger partial charge in [-0.15, -0.1) is 0 Å². The van der Waals surface area contributed by atoms with Crippen molar-refractivity contribution in [2.75, 3.05) is 26.3 Å². The van der Waals surface area contributed by atoms with Crippen LogP contribution < -0.4 is 0 Å². The van der Waals surface area contributed by atoms with Crippen LogP contribution in [-0.4, -0.2) is 42.1 Å². The van der Waals surface area contributed by atoms with Crippen LogP contribution in [0.2, 0.25) is 0 Å². The molecule has 0 N–H and O–H groups in total. The molecule has 166 valence electrons. The van der Waals surface area contributed by atoms with E-state index in [9.17, 15) is 4.79 Å². The van der Waals surface area contributed by atoms with Crippen LogP contribution in [0.5, 0.6) is 0 Å². The Morgan fingerprint density at radius 1 is 0.969 bits per heavy atom. The Labute approximate surface area is 190 Å². The molecule has 3 heterocycles. The number of carbonyl (C=O) groups is 1. The summed E-state index contributed by atoms with van der Waals surface area (Å²) in [6, 6.07) is 21.0. The van der Waals surface area contributed by atoms with Gasteiger partial charge in [0.05, 0.1) is 10.9 Å². The second kappa shape index (κ2) is 9.41. The largest absolute Gasteiger partial charge is 0.381 e. The minimum Gasteiger partial charge on any atom is -0.381 e. The second-order valence-electron chi connectivity index (χ2n) is 9.35. The van der Waals surface area contributed by atoms with Crippen molar-refractivity contribution in [3.05, 3.63) is 78.0 Å². The lowest BCUT2D eigenvalue weighted by atomic mass is 9.73. The van der Waals surface area contributed by atoms with Gasteiger partial charge in [0.15, 0.2) is 0 Å². The molecule has 0 radical (unpaired) electrons. The predicted octanol–water partition coefficient (Wildman–Crippen LogP) is 5.15. The lowest BCUT2D eigenvalue weighted by molar-refractivity contribution is -0.141. The fourth-order valence-electron chi connectivity index (χ4n) is 5.62. The second-order valence-corrected chi connectivity index (χ2v) is 9.35. The van der Waals surface area contributed by atoms with Crippen molar-refractivity contribution >= 4 is 16.8 Å². The maximum Gasteiger partial charge on any atom is 0.233 e. The quantitative estimate of drug-likeness (QED) is 0.577. The number of ether oxygens (including phenoxy) is 1. The van der Waals surface area contributed by atoms with E-state index in [1.165, 1.54) is 10.9 Å². The van der Waals surface area contributed by atoms with Crippen molar-refractivity contribution in [2.24, 2.45) is 5.92 Å². The summed E-state index contributed by atoms with van der Waals surface area (Å²) in [5, 5.41) is 1.21. The summed E-state index contributed by atoms with van der Waals surface area (Å²) in [4.78, 5) is 20.7.